The minimum atomic E-state index is -2.31. The number of hydrogen-bond acceptors (Lipinski definition) is 4. The fraction of sp³-hybridized carbons (Fsp3) is 0.556. The lowest BCUT2D eigenvalue weighted by Crippen LogP contribution is -2.24. The Morgan fingerprint density at radius 3 is 3.22 bits per heavy atom. The minimum Gasteiger partial charge on any atom is -0.364 e. The largest absolute Gasteiger partial charge is 0.610 e. The van der Waals surface area contributed by atoms with Crippen molar-refractivity contribution < 1.29 is 14.3 Å². The second kappa shape index (κ2) is 5.43. The summed E-state index contributed by atoms with van der Waals surface area (Å²) < 4.78 is 12.4. The molecule has 2 atom stereocenters. The molecule has 0 aliphatic carbocycles. The number of imidazole rings is 1. The van der Waals surface area contributed by atoms with Crippen LogP contribution in [0.25, 0.3) is 0 Å². The predicted octanol–water partition coefficient (Wildman–Crippen LogP) is -0.0319. The van der Waals surface area contributed by atoms with E-state index in [0.717, 1.165) is 13.0 Å². The van der Waals surface area contributed by atoms with Crippen molar-refractivity contribution in [3.8, 4) is 0 Å². The summed E-state index contributed by atoms with van der Waals surface area (Å²) in [6, 6.07) is 0.143. The van der Waals surface area contributed by atoms with Crippen molar-refractivity contribution in [2.75, 3.05) is 18.4 Å². The van der Waals surface area contributed by atoms with Crippen LogP contribution in [0.1, 0.15) is 29.4 Å². The summed E-state index contributed by atoms with van der Waals surface area (Å²) in [6.07, 6.45) is 3.17. The third-order valence-corrected chi connectivity index (χ3v) is 3.36. The van der Waals surface area contributed by atoms with Crippen molar-refractivity contribution in [2.45, 2.75) is 18.9 Å². The number of carbonyl (C=O) groups is 1. The number of anilines is 1. The van der Waals surface area contributed by atoms with E-state index >= 15 is 0 Å². The zero-order chi connectivity index (χ0) is 13.1. The molecule has 1 aromatic rings. The number of hydrogen-bond donors (Lipinski definition) is 4. The van der Waals surface area contributed by atoms with Crippen LogP contribution in [0.5, 0.6) is 0 Å². The summed E-state index contributed by atoms with van der Waals surface area (Å²) in [6.45, 7) is 1.19. The zero-order valence-electron chi connectivity index (χ0n) is 9.67. The normalized spacial score (nSPS) is 18.9. The smallest absolute Gasteiger partial charge is 0.364 e. The van der Waals surface area contributed by atoms with Crippen LogP contribution in [0.4, 0.5) is 5.95 Å². The summed E-state index contributed by atoms with van der Waals surface area (Å²) >= 11 is 0. The molecule has 0 bridgehead atoms. The van der Waals surface area contributed by atoms with Crippen molar-refractivity contribution in [1.29, 1.82) is 0 Å². The number of fused-ring (bicyclic) bond motifs is 1. The molecule has 0 saturated carbocycles. The lowest BCUT2D eigenvalue weighted by Gasteiger charge is -2.25. The lowest BCUT2D eigenvalue weighted by molar-refractivity contribution is 0.0996. The van der Waals surface area contributed by atoms with E-state index in [9.17, 15) is 9.36 Å². The number of nitrogens with two attached hydrogens (primary N) is 1. The Morgan fingerprint density at radius 1 is 1.78 bits per heavy atom. The third-order valence-electron chi connectivity index (χ3n) is 2.86. The quantitative estimate of drug-likeness (QED) is 0.558. The average Bonchev–Trinajstić information content (AvgIpc) is 2.73. The molecule has 0 fully saturated rings. The van der Waals surface area contributed by atoms with Gasteiger partial charge in [-0.15, -0.1) is 4.89 Å². The Morgan fingerprint density at radius 2 is 2.56 bits per heavy atom. The molecule has 0 aromatic carbocycles. The molecule has 1 amide bonds. The maximum absolute atomic E-state index is 11.1. The molecule has 5 N–H and O–H groups in total. The van der Waals surface area contributed by atoms with Crippen LogP contribution in [0.3, 0.4) is 0 Å². The first-order valence-corrected chi connectivity index (χ1v) is 6.81. The maximum Gasteiger partial charge on any atom is 0.610 e. The highest BCUT2D eigenvalue weighted by atomic mass is 31.1. The topological polar surface area (TPSA) is 122 Å². The van der Waals surface area contributed by atoms with Crippen molar-refractivity contribution in [3.63, 3.8) is 0 Å². The van der Waals surface area contributed by atoms with E-state index in [1.54, 1.807) is 6.20 Å². The third kappa shape index (κ3) is 2.84. The first-order chi connectivity index (χ1) is 8.58. The second-order valence-corrected chi connectivity index (χ2v) is 4.92. The number of primary amides is 1. The SMILES string of the molecule is NC(=O)c1cn2c(n1)NCCC2CCN[P+](=O)O. The molecule has 2 unspecified atom stereocenters. The van der Waals surface area contributed by atoms with Gasteiger partial charge in [0.1, 0.15) is 5.69 Å². The van der Waals surface area contributed by atoms with Gasteiger partial charge in [-0.3, -0.25) is 4.79 Å². The first-order valence-electron chi connectivity index (χ1n) is 5.60. The van der Waals surface area contributed by atoms with Crippen LogP contribution in [-0.2, 0) is 4.57 Å². The highest BCUT2D eigenvalue weighted by Crippen LogP contribution is 2.26. The molecular weight excluding hydrogens is 257 g/mol. The fourth-order valence-corrected chi connectivity index (χ4v) is 2.34. The van der Waals surface area contributed by atoms with Crippen LogP contribution in [0, 0.1) is 0 Å². The van der Waals surface area contributed by atoms with E-state index in [1.807, 2.05) is 4.57 Å². The molecule has 8 nitrogen and oxygen atoms in total. The average molecular weight is 272 g/mol. The zero-order valence-corrected chi connectivity index (χ0v) is 10.6. The Bertz CT molecular complexity index is 475. The van der Waals surface area contributed by atoms with E-state index in [-0.39, 0.29) is 11.7 Å². The first kappa shape index (κ1) is 12.9. The Balaban J connectivity index is 2.07. The molecule has 9 heteroatoms. The van der Waals surface area contributed by atoms with Crippen molar-refractivity contribution >= 4 is 20.0 Å². The number of aromatic nitrogens is 2. The van der Waals surface area contributed by atoms with Crippen molar-refractivity contribution in [1.82, 2.24) is 14.6 Å². The Hall–Kier alpha value is -1.50. The van der Waals surface area contributed by atoms with Gasteiger partial charge in [0.05, 0.1) is 0 Å². The van der Waals surface area contributed by atoms with Crippen LogP contribution in [-0.4, -0.2) is 33.4 Å². The summed E-state index contributed by atoms with van der Waals surface area (Å²) in [5, 5.41) is 5.56. The van der Waals surface area contributed by atoms with Gasteiger partial charge in [-0.05, 0) is 17.4 Å². The number of amides is 1. The van der Waals surface area contributed by atoms with Gasteiger partial charge < -0.3 is 15.6 Å². The van der Waals surface area contributed by atoms with Gasteiger partial charge in [0, 0.05) is 25.3 Å². The molecule has 18 heavy (non-hydrogen) atoms. The van der Waals surface area contributed by atoms with Gasteiger partial charge in [0.25, 0.3) is 5.91 Å². The molecule has 0 spiro atoms. The Labute approximate surface area is 104 Å². The summed E-state index contributed by atoms with van der Waals surface area (Å²) in [5.74, 6) is 0.0578. The van der Waals surface area contributed by atoms with Crippen LogP contribution < -0.4 is 16.1 Å². The van der Waals surface area contributed by atoms with E-state index in [4.69, 9.17) is 10.6 Å². The minimum absolute atomic E-state index is 0.143. The maximum atomic E-state index is 11.1. The van der Waals surface area contributed by atoms with Crippen molar-refractivity contribution in [2.24, 2.45) is 5.73 Å². The highest BCUT2D eigenvalue weighted by molar-refractivity contribution is 7.35. The molecule has 1 aliphatic rings. The lowest BCUT2D eigenvalue weighted by atomic mass is 10.1. The summed E-state index contributed by atoms with van der Waals surface area (Å²) in [4.78, 5) is 23.8. The van der Waals surface area contributed by atoms with Gasteiger partial charge in [0.2, 0.25) is 5.95 Å². The number of rotatable bonds is 5. The fourth-order valence-electron chi connectivity index (χ4n) is 2.02. The molecule has 0 saturated heterocycles. The predicted molar refractivity (Wildman–Crippen MR) is 65.3 cm³/mol. The van der Waals surface area contributed by atoms with Crippen molar-refractivity contribution in [3.05, 3.63) is 11.9 Å². The van der Waals surface area contributed by atoms with E-state index in [1.165, 1.54) is 0 Å². The van der Waals surface area contributed by atoms with E-state index in [2.05, 4.69) is 15.4 Å². The second-order valence-electron chi connectivity index (χ2n) is 4.06. The van der Waals surface area contributed by atoms with Crippen LogP contribution >= 0.6 is 8.18 Å². The molecular formula is C9H15N5O3P+. The summed E-state index contributed by atoms with van der Waals surface area (Å²) in [7, 11) is -2.31. The number of carbonyl (C=O) groups excluding carboxylic acids is 1. The molecule has 1 aromatic heterocycles. The van der Waals surface area contributed by atoms with Gasteiger partial charge >= 0.3 is 8.18 Å². The van der Waals surface area contributed by atoms with E-state index < -0.39 is 14.1 Å². The number of nitrogens with zero attached hydrogens (tertiary/aromatic N) is 2. The number of nitrogens with one attached hydrogen (secondary N) is 2. The molecule has 0 radical (unpaired) electrons. The molecule has 1 aliphatic heterocycles. The summed E-state index contributed by atoms with van der Waals surface area (Å²) in [5.41, 5.74) is 5.41. The molecule has 2 heterocycles. The molecule has 98 valence electrons. The van der Waals surface area contributed by atoms with Gasteiger partial charge in [-0.2, -0.15) is 0 Å². The van der Waals surface area contributed by atoms with Crippen LogP contribution in [0.2, 0.25) is 0 Å². The van der Waals surface area contributed by atoms with Gasteiger partial charge in [-0.25, -0.2) is 4.98 Å². The highest BCUT2D eigenvalue weighted by Gasteiger charge is 2.23. The Kier molecular flexibility index (Phi) is 3.90. The van der Waals surface area contributed by atoms with Gasteiger partial charge in [0.15, 0.2) is 0 Å². The van der Waals surface area contributed by atoms with Crippen LogP contribution in [0.15, 0.2) is 6.20 Å². The standard InChI is InChI=1S/C9H14N5O3P/c10-8(15)7-5-14-6(2-4-12-18(16)17)1-3-11-9(14)13-7/h5-6H,1-4H2,(H4-,10,11,12,13,15,16,17)/p+1. The van der Waals surface area contributed by atoms with E-state index in [0.29, 0.717) is 18.9 Å². The van der Waals surface area contributed by atoms with Gasteiger partial charge in [-0.1, -0.05) is 5.09 Å². The molecule has 2 rings (SSSR count). The monoisotopic (exact) mass is 272 g/mol.